The smallest absolute Gasteiger partial charge is 0.170 e. The monoisotopic (exact) mass is 269 g/mol. The minimum absolute atomic E-state index is 0. The number of aliphatic hydroxyl groups excluding tert-OH is 1. The molecule has 1 heterocycles. The van der Waals surface area contributed by atoms with Crippen LogP contribution >= 0.6 is 0 Å². The molecule has 2 rings (SSSR count). The Kier molecular flexibility index (Phi) is 4.99. The summed E-state index contributed by atoms with van der Waals surface area (Å²) in [5.41, 5.74) is 2.77. The zero-order valence-electron chi connectivity index (χ0n) is 8.69. The molecule has 0 unspecified atom stereocenters. The maximum absolute atomic E-state index is 8.75. The van der Waals surface area contributed by atoms with Crippen LogP contribution in [-0.2, 0) is 6.42 Å². The van der Waals surface area contributed by atoms with Crippen LogP contribution in [0.15, 0.2) is 24.3 Å². The number of benzene rings is 1. The molecule has 0 atom stereocenters. The molecule has 0 aromatic heterocycles. The molecule has 0 spiro atoms. The third kappa shape index (κ3) is 3.14. The number of nitrogens with zero attached hydrogens (tertiary/aromatic N) is 1. The maximum Gasteiger partial charge on any atom is 0.170 e. The molecular formula is C12H16BrNO. The predicted molar refractivity (Wildman–Crippen MR) is 57.0 cm³/mol. The fourth-order valence-electron chi connectivity index (χ4n) is 1.86. The summed E-state index contributed by atoms with van der Waals surface area (Å²) in [6.45, 7) is 2.33. The van der Waals surface area contributed by atoms with Crippen molar-refractivity contribution < 1.29 is 26.7 Å². The minimum Gasteiger partial charge on any atom is -1.00 e. The van der Waals surface area contributed by atoms with Crippen molar-refractivity contribution >= 4 is 6.21 Å². The first-order valence-corrected chi connectivity index (χ1v) is 5.18. The van der Waals surface area contributed by atoms with Crippen molar-refractivity contribution in [3.05, 3.63) is 35.4 Å². The first kappa shape index (κ1) is 12.4. The Hall–Kier alpha value is -0.670. The second kappa shape index (κ2) is 6.03. The Morgan fingerprint density at radius 2 is 2.07 bits per heavy atom. The molecule has 1 aromatic rings. The molecule has 3 heteroatoms. The molecule has 2 nitrogen and oxygen atoms in total. The van der Waals surface area contributed by atoms with Gasteiger partial charge in [-0.25, -0.2) is 4.58 Å². The van der Waals surface area contributed by atoms with Crippen LogP contribution in [0.4, 0.5) is 0 Å². The molecule has 1 aromatic carbocycles. The van der Waals surface area contributed by atoms with E-state index in [2.05, 4.69) is 35.1 Å². The first-order valence-electron chi connectivity index (χ1n) is 5.18. The van der Waals surface area contributed by atoms with E-state index >= 15 is 0 Å². The third-order valence-electron chi connectivity index (χ3n) is 2.65. The quantitative estimate of drug-likeness (QED) is 0.635. The minimum atomic E-state index is 0. The van der Waals surface area contributed by atoms with Crippen molar-refractivity contribution in [2.75, 3.05) is 19.7 Å². The molecule has 0 amide bonds. The summed E-state index contributed by atoms with van der Waals surface area (Å²) >= 11 is 0. The molecule has 0 aliphatic carbocycles. The molecule has 0 bridgehead atoms. The summed E-state index contributed by atoms with van der Waals surface area (Å²) in [6.07, 6.45) is 4.19. The van der Waals surface area contributed by atoms with Gasteiger partial charge in [-0.3, -0.25) is 0 Å². The molecule has 0 radical (unpaired) electrons. The van der Waals surface area contributed by atoms with Gasteiger partial charge in [0.15, 0.2) is 6.21 Å². The number of rotatable bonds is 3. The van der Waals surface area contributed by atoms with Crippen molar-refractivity contribution in [3.63, 3.8) is 0 Å². The van der Waals surface area contributed by atoms with Crippen LogP contribution < -0.4 is 17.0 Å². The van der Waals surface area contributed by atoms with Gasteiger partial charge in [0.05, 0.1) is 0 Å². The lowest BCUT2D eigenvalue weighted by Crippen LogP contribution is -3.00. The van der Waals surface area contributed by atoms with Crippen LogP contribution in [-0.4, -0.2) is 35.6 Å². The molecule has 15 heavy (non-hydrogen) atoms. The van der Waals surface area contributed by atoms with E-state index in [1.54, 1.807) is 0 Å². The Morgan fingerprint density at radius 3 is 2.87 bits per heavy atom. The number of hydrogen-bond acceptors (Lipinski definition) is 1. The van der Waals surface area contributed by atoms with Crippen molar-refractivity contribution in [2.45, 2.75) is 12.8 Å². The van der Waals surface area contributed by atoms with Crippen molar-refractivity contribution in [2.24, 2.45) is 0 Å². The van der Waals surface area contributed by atoms with Gasteiger partial charge >= 0.3 is 0 Å². The molecule has 1 aliphatic heterocycles. The lowest BCUT2D eigenvalue weighted by Gasteiger charge is -2.11. The van der Waals surface area contributed by atoms with E-state index in [1.807, 2.05) is 0 Å². The summed E-state index contributed by atoms with van der Waals surface area (Å²) < 4.78 is 2.29. The van der Waals surface area contributed by atoms with Gasteiger partial charge in [0.25, 0.3) is 0 Å². The van der Waals surface area contributed by atoms with E-state index in [4.69, 9.17) is 5.11 Å². The van der Waals surface area contributed by atoms with Crippen LogP contribution in [0, 0.1) is 0 Å². The van der Waals surface area contributed by atoms with E-state index < -0.39 is 0 Å². The Labute approximate surface area is 101 Å². The fourth-order valence-corrected chi connectivity index (χ4v) is 1.86. The van der Waals surface area contributed by atoms with Gasteiger partial charge < -0.3 is 22.1 Å². The van der Waals surface area contributed by atoms with E-state index in [-0.39, 0.29) is 23.6 Å². The van der Waals surface area contributed by atoms with Crippen LogP contribution in [0.25, 0.3) is 0 Å². The molecule has 0 saturated heterocycles. The normalized spacial score (nSPS) is 13.8. The highest BCUT2D eigenvalue weighted by Gasteiger charge is 2.13. The van der Waals surface area contributed by atoms with Gasteiger partial charge in [-0.2, -0.15) is 0 Å². The molecule has 0 saturated carbocycles. The van der Waals surface area contributed by atoms with E-state index in [9.17, 15) is 0 Å². The van der Waals surface area contributed by atoms with Crippen molar-refractivity contribution in [1.29, 1.82) is 0 Å². The molecule has 1 N–H and O–H groups in total. The van der Waals surface area contributed by atoms with Crippen molar-refractivity contribution in [1.82, 2.24) is 0 Å². The summed E-state index contributed by atoms with van der Waals surface area (Å²) in [4.78, 5) is 0. The van der Waals surface area contributed by atoms with Gasteiger partial charge in [-0.1, -0.05) is 18.2 Å². The predicted octanol–water partition coefficient (Wildman–Crippen LogP) is -1.94. The lowest BCUT2D eigenvalue weighted by atomic mass is 10.0. The van der Waals surface area contributed by atoms with Gasteiger partial charge in [0.1, 0.15) is 13.1 Å². The van der Waals surface area contributed by atoms with Gasteiger partial charge in [-0.05, 0) is 11.6 Å². The lowest BCUT2D eigenvalue weighted by molar-refractivity contribution is -0.524. The highest BCUT2D eigenvalue weighted by molar-refractivity contribution is 5.78. The van der Waals surface area contributed by atoms with E-state index in [0.717, 1.165) is 25.9 Å². The fraction of sp³-hybridized carbons (Fsp3) is 0.417. The Morgan fingerprint density at radius 1 is 1.27 bits per heavy atom. The highest BCUT2D eigenvalue weighted by Crippen LogP contribution is 2.10. The Balaban J connectivity index is 0.00000112. The first-order chi connectivity index (χ1) is 6.90. The number of hydrogen-bond donors (Lipinski definition) is 1. The third-order valence-corrected chi connectivity index (χ3v) is 2.65. The highest BCUT2D eigenvalue weighted by atomic mass is 79.9. The average Bonchev–Trinajstić information content (AvgIpc) is 2.26. The second-order valence-electron chi connectivity index (χ2n) is 3.69. The zero-order valence-corrected chi connectivity index (χ0v) is 10.3. The summed E-state index contributed by atoms with van der Waals surface area (Å²) in [7, 11) is 0. The van der Waals surface area contributed by atoms with Gasteiger partial charge in [0.2, 0.25) is 0 Å². The van der Waals surface area contributed by atoms with Gasteiger partial charge in [0, 0.05) is 25.0 Å². The summed E-state index contributed by atoms with van der Waals surface area (Å²) in [5, 5.41) is 8.75. The summed E-state index contributed by atoms with van der Waals surface area (Å²) in [6, 6.07) is 8.51. The zero-order chi connectivity index (χ0) is 9.80. The van der Waals surface area contributed by atoms with Crippen LogP contribution in [0.1, 0.15) is 17.5 Å². The summed E-state index contributed by atoms with van der Waals surface area (Å²) in [5.74, 6) is 0. The number of aliphatic hydroxyl groups is 1. The van der Waals surface area contributed by atoms with Crippen LogP contribution in [0.5, 0.6) is 0 Å². The van der Waals surface area contributed by atoms with Gasteiger partial charge in [-0.15, -0.1) is 0 Å². The van der Waals surface area contributed by atoms with Crippen LogP contribution in [0.3, 0.4) is 0 Å². The van der Waals surface area contributed by atoms with Crippen molar-refractivity contribution in [3.8, 4) is 0 Å². The van der Waals surface area contributed by atoms with E-state index in [1.165, 1.54) is 11.1 Å². The molecule has 1 aliphatic rings. The standard InChI is InChI=1S/C12H16NO.BrH/c14-9-3-7-13-8-6-11-4-1-2-5-12(11)10-13;/h1-2,4-5,10,14H,3,6-9H2;1H/q+1;/p-1. The average molecular weight is 270 g/mol. The molecule has 82 valence electrons. The van der Waals surface area contributed by atoms with E-state index in [0.29, 0.717) is 0 Å². The SMILES string of the molecule is OCCC[N+]1=Cc2ccccc2CC1.[Br-]. The second-order valence-corrected chi connectivity index (χ2v) is 3.69. The number of halogens is 1. The molecule has 0 fully saturated rings. The number of fused-ring (bicyclic) bond motifs is 1. The Bertz CT molecular complexity index is 349. The van der Waals surface area contributed by atoms with Crippen LogP contribution in [0.2, 0.25) is 0 Å². The largest absolute Gasteiger partial charge is 1.00 e. The topological polar surface area (TPSA) is 23.2 Å². The molecular weight excluding hydrogens is 254 g/mol. The maximum atomic E-state index is 8.75.